The van der Waals surface area contributed by atoms with Crippen molar-refractivity contribution in [1.29, 1.82) is 0 Å². The van der Waals surface area contributed by atoms with E-state index in [4.69, 9.17) is 5.73 Å². The van der Waals surface area contributed by atoms with E-state index in [-0.39, 0.29) is 5.54 Å². The number of hydrogen-bond acceptors (Lipinski definition) is 3. The summed E-state index contributed by atoms with van der Waals surface area (Å²) in [6.07, 6.45) is 7.97. The molecule has 2 rings (SSSR count). The van der Waals surface area contributed by atoms with Gasteiger partial charge in [-0.05, 0) is 19.8 Å². The van der Waals surface area contributed by atoms with Gasteiger partial charge in [-0.1, -0.05) is 12.8 Å². The van der Waals surface area contributed by atoms with E-state index in [1.165, 1.54) is 30.6 Å². The maximum Gasteiger partial charge on any atom is 0.0896 e. The molecule has 3 heteroatoms. The van der Waals surface area contributed by atoms with Crippen LogP contribution >= 0.6 is 11.3 Å². The first-order chi connectivity index (χ1) is 6.18. The highest BCUT2D eigenvalue weighted by Crippen LogP contribution is 2.31. The van der Waals surface area contributed by atoms with Crippen LogP contribution in [0, 0.1) is 6.92 Å². The van der Waals surface area contributed by atoms with Gasteiger partial charge in [0.15, 0.2) is 0 Å². The lowest BCUT2D eigenvalue weighted by atomic mass is 9.94. The Morgan fingerprint density at radius 2 is 2.23 bits per heavy atom. The number of nitrogens with two attached hydrogens (primary N) is 1. The molecule has 0 spiro atoms. The number of hydrogen-bond donors (Lipinski definition) is 1. The van der Waals surface area contributed by atoms with Gasteiger partial charge in [0.05, 0.1) is 5.01 Å². The molecule has 1 aromatic heterocycles. The highest BCUT2D eigenvalue weighted by molar-refractivity contribution is 7.11. The Hall–Kier alpha value is -0.410. The molecule has 1 aliphatic rings. The molecule has 0 bridgehead atoms. The zero-order valence-electron chi connectivity index (χ0n) is 8.05. The molecule has 0 aliphatic heterocycles. The number of aryl methyl sites for hydroxylation is 1. The summed E-state index contributed by atoms with van der Waals surface area (Å²) in [4.78, 5) is 5.60. The van der Waals surface area contributed by atoms with Gasteiger partial charge in [0.2, 0.25) is 0 Å². The van der Waals surface area contributed by atoms with E-state index in [1.54, 1.807) is 11.3 Å². The molecule has 0 atom stereocenters. The van der Waals surface area contributed by atoms with E-state index in [9.17, 15) is 0 Å². The molecule has 1 saturated carbocycles. The van der Waals surface area contributed by atoms with Crippen molar-refractivity contribution in [3.63, 3.8) is 0 Å². The minimum Gasteiger partial charge on any atom is -0.325 e. The van der Waals surface area contributed by atoms with E-state index >= 15 is 0 Å². The highest BCUT2D eigenvalue weighted by atomic mass is 32.1. The van der Waals surface area contributed by atoms with Gasteiger partial charge in [-0.15, -0.1) is 11.3 Å². The van der Waals surface area contributed by atoms with Gasteiger partial charge in [-0.25, -0.2) is 4.98 Å². The predicted octanol–water partition coefficient (Wildman–Crippen LogP) is 2.27. The lowest BCUT2D eigenvalue weighted by Gasteiger charge is -2.21. The van der Waals surface area contributed by atoms with Crippen molar-refractivity contribution in [1.82, 2.24) is 4.98 Å². The van der Waals surface area contributed by atoms with E-state index < -0.39 is 0 Å². The first-order valence-electron chi connectivity index (χ1n) is 4.88. The fourth-order valence-electron chi connectivity index (χ4n) is 2.09. The van der Waals surface area contributed by atoms with Crippen molar-refractivity contribution in [3.05, 3.63) is 16.1 Å². The molecule has 1 heterocycles. The molecule has 0 radical (unpaired) electrons. The molecule has 0 amide bonds. The standard InChI is InChI=1S/C10H16N2S/c1-8-12-7-9(13-8)6-10(11)4-2-3-5-10/h7H,2-6,11H2,1H3. The molecule has 0 aromatic carbocycles. The first-order valence-corrected chi connectivity index (χ1v) is 5.70. The fraction of sp³-hybridized carbons (Fsp3) is 0.700. The minimum atomic E-state index is 0.0823. The zero-order chi connectivity index (χ0) is 9.31. The molecule has 13 heavy (non-hydrogen) atoms. The van der Waals surface area contributed by atoms with Crippen LogP contribution in [0.5, 0.6) is 0 Å². The number of thiazole rings is 1. The van der Waals surface area contributed by atoms with Crippen molar-refractivity contribution >= 4 is 11.3 Å². The Morgan fingerprint density at radius 3 is 2.77 bits per heavy atom. The lowest BCUT2D eigenvalue weighted by Crippen LogP contribution is -2.38. The van der Waals surface area contributed by atoms with Crippen molar-refractivity contribution < 1.29 is 0 Å². The normalized spacial score (nSPS) is 20.8. The Balaban J connectivity index is 2.04. The SMILES string of the molecule is Cc1ncc(CC2(N)CCCC2)s1. The van der Waals surface area contributed by atoms with Gasteiger partial charge in [0.25, 0.3) is 0 Å². The third-order valence-corrected chi connectivity index (χ3v) is 3.71. The van der Waals surface area contributed by atoms with Gasteiger partial charge in [0, 0.05) is 23.0 Å². The summed E-state index contributed by atoms with van der Waals surface area (Å²) >= 11 is 1.78. The van der Waals surface area contributed by atoms with E-state index in [1.807, 2.05) is 13.1 Å². The maximum atomic E-state index is 6.28. The fourth-order valence-corrected chi connectivity index (χ4v) is 3.04. The number of nitrogens with zero attached hydrogens (tertiary/aromatic N) is 1. The summed E-state index contributed by atoms with van der Waals surface area (Å²) in [6.45, 7) is 2.05. The van der Waals surface area contributed by atoms with Crippen LogP contribution in [0.25, 0.3) is 0 Å². The average molecular weight is 196 g/mol. The second-order valence-corrected chi connectivity index (χ2v) is 5.41. The molecule has 2 nitrogen and oxygen atoms in total. The van der Waals surface area contributed by atoms with Crippen LogP contribution < -0.4 is 5.73 Å². The molecule has 1 aliphatic carbocycles. The maximum absolute atomic E-state index is 6.28. The average Bonchev–Trinajstić information content (AvgIpc) is 2.62. The molecule has 72 valence electrons. The second kappa shape index (κ2) is 3.39. The third-order valence-electron chi connectivity index (χ3n) is 2.79. The largest absolute Gasteiger partial charge is 0.325 e. The van der Waals surface area contributed by atoms with Crippen LogP contribution in [0.15, 0.2) is 6.20 Å². The molecular weight excluding hydrogens is 180 g/mol. The number of rotatable bonds is 2. The third kappa shape index (κ3) is 2.09. The van der Waals surface area contributed by atoms with Crippen LogP contribution in [0.1, 0.15) is 35.6 Å². The van der Waals surface area contributed by atoms with E-state index in [0.29, 0.717) is 0 Å². The molecular formula is C10H16N2S. The quantitative estimate of drug-likeness (QED) is 0.788. The van der Waals surface area contributed by atoms with Crippen LogP contribution in [0.2, 0.25) is 0 Å². The minimum absolute atomic E-state index is 0.0823. The van der Waals surface area contributed by atoms with Crippen molar-refractivity contribution in [2.75, 3.05) is 0 Å². The van der Waals surface area contributed by atoms with Gasteiger partial charge in [0.1, 0.15) is 0 Å². The van der Waals surface area contributed by atoms with Gasteiger partial charge in [-0.2, -0.15) is 0 Å². The van der Waals surface area contributed by atoms with Crippen molar-refractivity contribution in [2.45, 2.75) is 44.6 Å². The summed E-state index contributed by atoms with van der Waals surface area (Å²) in [5.41, 5.74) is 6.36. The predicted molar refractivity (Wildman–Crippen MR) is 55.9 cm³/mol. The topological polar surface area (TPSA) is 38.9 Å². The monoisotopic (exact) mass is 196 g/mol. The van der Waals surface area contributed by atoms with Crippen LogP contribution in [0.4, 0.5) is 0 Å². The number of aromatic nitrogens is 1. The van der Waals surface area contributed by atoms with Gasteiger partial charge < -0.3 is 5.73 Å². The summed E-state index contributed by atoms with van der Waals surface area (Å²) in [5, 5.41) is 1.15. The Kier molecular flexibility index (Phi) is 2.39. The lowest BCUT2D eigenvalue weighted by molar-refractivity contribution is 0.439. The van der Waals surface area contributed by atoms with Crippen molar-refractivity contribution in [2.24, 2.45) is 5.73 Å². The van der Waals surface area contributed by atoms with Gasteiger partial charge in [-0.3, -0.25) is 0 Å². The molecule has 1 aromatic rings. The smallest absolute Gasteiger partial charge is 0.0896 e. The van der Waals surface area contributed by atoms with Gasteiger partial charge >= 0.3 is 0 Å². The zero-order valence-corrected chi connectivity index (χ0v) is 8.86. The van der Waals surface area contributed by atoms with E-state index in [2.05, 4.69) is 4.98 Å². The molecule has 0 unspecified atom stereocenters. The second-order valence-electron chi connectivity index (χ2n) is 4.09. The van der Waals surface area contributed by atoms with Crippen LogP contribution in [-0.4, -0.2) is 10.5 Å². The summed E-state index contributed by atoms with van der Waals surface area (Å²) in [5.74, 6) is 0. The Labute approximate surface area is 83.2 Å². The first kappa shape index (κ1) is 9.16. The summed E-state index contributed by atoms with van der Waals surface area (Å²) in [6, 6.07) is 0. The Morgan fingerprint density at radius 1 is 1.54 bits per heavy atom. The van der Waals surface area contributed by atoms with Crippen LogP contribution in [-0.2, 0) is 6.42 Å². The van der Waals surface area contributed by atoms with Crippen molar-refractivity contribution in [3.8, 4) is 0 Å². The summed E-state index contributed by atoms with van der Waals surface area (Å²) in [7, 11) is 0. The molecule has 2 N–H and O–H groups in total. The Bertz CT molecular complexity index is 287. The summed E-state index contributed by atoms with van der Waals surface area (Å²) < 4.78 is 0. The molecule has 1 fully saturated rings. The van der Waals surface area contributed by atoms with E-state index in [0.717, 1.165) is 11.4 Å². The highest BCUT2D eigenvalue weighted by Gasteiger charge is 2.29. The van der Waals surface area contributed by atoms with Crippen LogP contribution in [0.3, 0.4) is 0 Å². The molecule has 0 saturated heterocycles.